The number of ether oxygens (including phenoxy) is 1. The van der Waals surface area contributed by atoms with E-state index in [0.717, 1.165) is 11.3 Å². The highest BCUT2D eigenvalue weighted by molar-refractivity contribution is 5.79. The molecule has 2 rings (SSSR count). The molecule has 0 saturated carbocycles. The average Bonchev–Trinajstić information content (AvgIpc) is 3.07. The molecule has 136 valence electrons. The standard InChI is InChI=1S/C18H25FN4O2/c1-18(2,24-4)12-22-17(20-3)21-10-9-15-11-25-16(23-15)13-5-7-14(19)8-6-13/h5-8,11H,9-10,12H2,1-4H3,(H2,20,21,22). The maximum absolute atomic E-state index is 13.0. The molecule has 0 aliphatic heterocycles. The van der Waals surface area contributed by atoms with E-state index in [4.69, 9.17) is 9.15 Å². The van der Waals surface area contributed by atoms with E-state index >= 15 is 0 Å². The molecular formula is C18H25FN4O2. The van der Waals surface area contributed by atoms with Crippen molar-refractivity contribution >= 4 is 5.96 Å². The van der Waals surface area contributed by atoms with Crippen LogP contribution < -0.4 is 10.6 Å². The van der Waals surface area contributed by atoms with Crippen molar-refractivity contribution in [2.24, 2.45) is 4.99 Å². The van der Waals surface area contributed by atoms with Crippen molar-refractivity contribution in [1.29, 1.82) is 0 Å². The fraction of sp³-hybridized carbons (Fsp3) is 0.444. The predicted octanol–water partition coefficient (Wildman–Crippen LogP) is 2.61. The van der Waals surface area contributed by atoms with E-state index in [1.165, 1.54) is 12.1 Å². The fourth-order valence-corrected chi connectivity index (χ4v) is 2.05. The third-order valence-corrected chi connectivity index (χ3v) is 3.77. The molecule has 1 aromatic carbocycles. The lowest BCUT2D eigenvalue weighted by atomic mass is 10.1. The summed E-state index contributed by atoms with van der Waals surface area (Å²) in [6, 6.07) is 6.06. The molecule has 0 amide bonds. The molecule has 0 aliphatic carbocycles. The number of oxazole rings is 1. The first kappa shape index (κ1) is 18.9. The van der Waals surface area contributed by atoms with Crippen molar-refractivity contribution in [1.82, 2.24) is 15.6 Å². The molecule has 2 N–H and O–H groups in total. The van der Waals surface area contributed by atoms with Gasteiger partial charge in [-0.15, -0.1) is 0 Å². The Balaban J connectivity index is 1.82. The molecule has 7 heteroatoms. The smallest absolute Gasteiger partial charge is 0.226 e. The van der Waals surface area contributed by atoms with E-state index in [9.17, 15) is 4.39 Å². The first-order chi connectivity index (χ1) is 11.9. The lowest BCUT2D eigenvalue weighted by molar-refractivity contribution is 0.0268. The van der Waals surface area contributed by atoms with Gasteiger partial charge in [0.05, 0.1) is 11.3 Å². The molecule has 0 spiro atoms. The summed E-state index contributed by atoms with van der Waals surface area (Å²) in [6.07, 6.45) is 2.30. The molecule has 0 aliphatic rings. The quantitative estimate of drug-likeness (QED) is 0.594. The van der Waals surface area contributed by atoms with Gasteiger partial charge in [-0.1, -0.05) is 0 Å². The van der Waals surface area contributed by atoms with Crippen molar-refractivity contribution in [3.8, 4) is 11.5 Å². The number of hydrogen-bond donors (Lipinski definition) is 2. The maximum atomic E-state index is 13.0. The number of guanidine groups is 1. The summed E-state index contributed by atoms with van der Waals surface area (Å²) in [5.74, 6) is 0.905. The molecule has 6 nitrogen and oxygen atoms in total. The van der Waals surface area contributed by atoms with Crippen LogP contribution in [0.2, 0.25) is 0 Å². The highest BCUT2D eigenvalue weighted by atomic mass is 19.1. The highest BCUT2D eigenvalue weighted by Gasteiger charge is 2.16. The number of halogens is 1. The zero-order valence-corrected chi connectivity index (χ0v) is 15.1. The average molecular weight is 348 g/mol. The van der Waals surface area contributed by atoms with Gasteiger partial charge in [0.15, 0.2) is 5.96 Å². The van der Waals surface area contributed by atoms with Gasteiger partial charge in [0.25, 0.3) is 0 Å². The zero-order chi connectivity index (χ0) is 18.3. The number of nitrogens with one attached hydrogen (secondary N) is 2. The Hall–Kier alpha value is -2.41. The molecular weight excluding hydrogens is 323 g/mol. The number of hydrogen-bond acceptors (Lipinski definition) is 4. The molecule has 0 fully saturated rings. The van der Waals surface area contributed by atoms with Crippen LogP contribution in [0.15, 0.2) is 39.9 Å². The van der Waals surface area contributed by atoms with Crippen LogP contribution in [0.4, 0.5) is 4.39 Å². The number of aromatic nitrogens is 1. The number of aliphatic imine (C=N–C) groups is 1. The van der Waals surface area contributed by atoms with Crippen molar-refractivity contribution in [2.45, 2.75) is 25.9 Å². The minimum atomic E-state index is -0.282. The summed E-state index contributed by atoms with van der Waals surface area (Å²) < 4.78 is 23.8. The molecule has 0 saturated heterocycles. The van der Waals surface area contributed by atoms with Crippen LogP contribution in [0.1, 0.15) is 19.5 Å². The van der Waals surface area contributed by atoms with Gasteiger partial charge in [0, 0.05) is 39.2 Å². The normalized spacial score (nSPS) is 12.3. The van der Waals surface area contributed by atoms with E-state index in [1.54, 1.807) is 32.6 Å². The molecule has 25 heavy (non-hydrogen) atoms. The number of methoxy groups -OCH3 is 1. The first-order valence-corrected chi connectivity index (χ1v) is 8.13. The Morgan fingerprint density at radius 3 is 2.64 bits per heavy atom. The molecule has 1 aromatic heterocycles. The van der Waals surface area contributed by atoms with E-state index in [2.05, 4.69) is 20.6 Å². The fourth-order valence-electron chi connectivity index (χ4n) is 2.05. The van der Waals surface area contributed by atoms with Crippen LogP contribution in [-0.2, 0) is 11.2 Å². The molecule has 1 heterocycles. The molecule has 0 unspecified atom stereocenters. The second-order valence-electron chi connectivity index (χ2n) is 6.22. The lowest BCUT2D eigenvalue weighted by Crippen LogP contribution is -2.45. The monoisotopic (exact) mass is 348 g/mol. The van der Waals surface area contributed by atoms with Crippen LogP contribution in [0.25, 0.3) is 11.5 Å². The zero-order valence-electron chi connectivity index (χ0n) is 15.1. The summed E-state index contributed by atoms with van der Waals surface area (Å²) in [6.45, 7) is 5.30. The molecule has 0 radical (unpaired) electrons. The Labute approximate surface area is 147 Å². The van der Waals surface area contributed by atoms with Gasteiger partial charge < -0.3 is 19.8 Å². The van der Waals surface area contributed by atoms with Crippen LogP contribution in [0.5, 0.6) is 0 Å². The second-order valence-corrected chi connectivity index (χ2v) is 6.22. The molecule has 2 aromatic rings. The Kier molecular flexibility index (Phi) is 6.52. The van der Waals surface area contributed by atoms with Gasteiger partial charge in [-0.05, 0) is 38.1 Å². The lowest BCUT2D eigenvalue weighted by Gasteiger charge is -2.24. The third kappa shape index (κ3) is 5.86. The first-order valence-electron chi connectivity index (χ1n) is 8.13. The van der Waals surface area contributed by atoms with Gasteiger partial charge in [-0.3, -0.25) is 4.99 Å². The van der Waals surface area contributed by atoms with Crippen molar-refractivity contribution < 1.29 is 13.5 Å². The van der Waals surface area contributed by atoms with Crippen molar-refractivity contribution in [3.63, 3.8) is 0 Å². The van der Waals surface area contributed by atoms with Crippen LogP contribution in [0, 0.1) is 5.82 Å². The van der Waals surface area contributed by atoms with Crippen LogP contribution >= 0.6 is 0 Å². The van der Waals surface area contributed by atoms with Crippen LogP contribution in [0.3, 0.4) is 0 Å². The number of rotatable bonds is 7. The number of nitrogens with zero attached hydrogens (tertiary/aromatic N) is 2. The van der Waals surface area contributed by atoms with E-state index in [0.29, 0.717) is 31.4 Å². The van der Waals surface area contributed by atoms with Crippen LogP contribution in [-0.4, -0.2) is 43.8 Å². The molecule has 0 atom stereocenters. The van der Waals surface area contributed by atoms with Gasteiger partial charge in [-0.25, -0.2) is 9.37 Å². The number of benzene rings is 1. The Morgan fingerprint density at radius 1 is 1.28 bits per heavy atom. The SMILES string of the molecule is CN=C(NCCc1coc(-c2ccc(F)cc2)n1)NCC(C)(C)OC. The summed E-state index contributed by atoms with van der Waals surface area (Å²) in [4.78, 5) is 8.60. The maximum Gasteiger partial charge on any atom is 0.226 e. The minimum absolute atomic E-state index is 0.270. The topological polar surface area (TPSA) is 71.7 Å². The third-order valence-electron chi connectivity index (χ3n) is 3.77. The summed E-state index contributed by atoms with van der Waals surface area (Å²) in [7, 11) is 3.40. The summed E-state index contributed by atoms with van der Waals surface area (Å²) >= 11 is 0. The largest absolute Gasteiger partial charge is 0.444 e. The second kappa shape index (κ2) is 8.62. The Bertz CT molecular complexity index is 695. The summed E-state index contributed by atoms with van der Waals surface area (Å²) in [5.41, 5.74) is 1.30. The van der Waals surface area contributed by atoms with Crippen molar-refractivity contribution in [3.05, 3.63) is 42.0 Å². The minimum Gasteiger partial charge on any atom is -0.444 e. The highest BCUT2D eigenvalue weighted by Crippen LogP contribution is 2.18. The van der Waals surface area contributed by atoms with E-state index < -0.39 is 0 Å². The Morgan fingerprint density at radius 2 is 2.00 bits per heavy atom. The van der Waals surface area contributed by atoms with E-state index in [-0.39, 0.29) is 11.4 Å². The van der Waals surface area contributed by atoms with Crippen molar-refractivity contribution in [2.75, 3.05) is 27.2 Å². The van der Waals surface area contributed by atoms with Gasteiger partial charge >= 0.3 is 0 Å². The summed E-state index contributed by atoms with van der Waals surface area (Å²) in [5, 5.41) is 6.44. The van der Waals surface area contributed by atoms with Gasteiger partial charge in [0.1, 0.15) is 12.1 Å². The van der Waals surface area contributed by atoms with E-state index in [1.807, 2.05) is 13.8 Å². The molecule has 0 bridgehead atoms. The predicted molar refractivity (Wildman–Crippen MR) is 96.1 cm³/mol. The van der Waals surface area contributed by atoms with Gasteiger partial charge in [-0.2, -0.15) is 0 Å². The van der Waals surface area contributed by atoms with Gasteiger partial charge in [0.2, 0.25) is 5.89 Å².